The van der Waals surface area contributed by atoms with Crippen LogP contribution in [0.5, 0.6) is 0 Å². The van der Waals surface area contributed by atoms with Crippen LogP contribution < -0.4 is 15.5 Å². The molecule has 0 aliphatic heterocycles. The van der Waals surface area contributed by atoms with Gasteiger partial charge >= 0.3 is 17.1 Å². The van der Waals surface area contributed by atoms with Crippen LogP contribution in [-0.2, 0) is 17.1 Å². The summed E-state index contributed by atoms with van der Waals surface area (Å²) in [5.41, 5.74) is 2.16. The minimum absolute atomic E-state index is 0. The van der Waals surface area contributed by atoms with Gasteiger partial charge in [0.15, 0.2) is 0 Å². The van der Waals surface area contributed by atoms with Gasteiger partial charge < -0.3 is 10.0 Å². The topological polar surface area (TPSA) is 26.3 Å². The molecule has 0 N–H and O–H groups in total. The molecule has 0 amide bonds. The van der Waals surface area contributed by atoms with Gasteiger partial charge in [0.1, 0.15) is 5.82 Å². The summed E-state index contributed by atoms with van der Waals surface area (Å²) in [6.07, 6.45) is 6.56. The van der Waals surface area contributed by atoms with Gasteiger partial charge in [0.25, 0.3) is 0 Å². The second-order valence-electron chi connectivity index (χ2n) is 5.56. The third-order valence-corrected chi connectivity index (χ3v) is 3.33. The van der Waals surface area contributed by atoms with Gasteiger partial charge in [-0.15, -0.1) is 6.26 Å². The summed E-state index contributed by atoms with van der Waals surface area (Å²) < 4.78 is 13.5. The molecule has 0 saturated heterocycles. The number of nitrogens with zero attached hydrogens (tertiary/aromatic N) is 1. The summed E-state index contributed by atoms with van der Waals surface area (Å²) in [5.74, 6) is -0.474. The molecule has 126 valence electrons. The van der Waals surface area contributed by atoms with Crippen molar-refractivity contribution in [1.82, 2.24) is 4.90 Å². The number of rotatable bonds is 2. The fourth-order valence-corrected chi connectivity index (χ4v) is 2.26. The molecule has 4 heteroatoms. The number of allylic oxidation sites excluding steroid dienone is 2. The van der Waals surface area contributed by atoms with Gasteiger partial charge in [0.05, 0.1) is 0 Å². The van der Waals surface area contributed by atoms with Crippen molar-refractivity contribution < 1.29 is 26.6 Å². The molecule has 0 aromatic heterocycles. The molecule has 3 rings (SSSR count). The van der Waals surface area contributed by atoms with E-state index in [4.69, 9.17) is 0 Å². The molecule has 0 saturated carbocycles. The molecule has 2 nitrogen and oxygen atoms in total. The normalized spacial score (nSPS) is 15.7. The van der Waals surface area contributed by atoms with E-state index in [-0.39, 0.29) is 22.3 Å². The van der Waals surface area contributed by atoms with E-state index in [9.17, 15) is 9.50 Å². The van der Waals surface area contributed by atoms with Crippen LogP contribution in [0.4, 0.5) is 4.39 Å². The van der Waals surface area contributed by atoms with E-state index in [1.54, 1.807) is 6.07 Å². The second kappa shape index (κ2) is 9.99. The van der Waals surface area contributed by atoms with Crippen LogP contribution in [0.2, 0.25) is 0 Å². The smallest absolute Gasteiger partial charge is 0.877 e. The molecule has 2 aromatic rings. The van der Waals surface area contributed by atoms with Crippen molar-refractivity contribution in [1.29, 1.82) is 0 Å². The molecule has 0 unspecified atom stereocenters. The van der Waals surface area contributed by atoms with Crippen molar-refractivity contribution in [2.24, 2.45) is 0 Å². The Morgan fingerprint density at radius 3 is 2.38 bits per heavy atom. The number of hydrogen-bond donors (Lipinski definition) is 0. The molecule has 2 aromatic carbocycles. The van der Waals surface area contributed by atoms with E-state index < -0.39 is 5.82 Å². The summed E-state index contributed by atoms with van der Waals surface area (Å²) in [6.45, 7) is 0.856. The van der Waals surface area contributed by atoms with E-state index >= 15 is 0 Å². The third-order valence-electron chi connectivity index (χ3n) is 3.33. The number of benzene rings is 1. The molecular weight excluding hydrogens is 345 g/mol. The largest absolute Gasteiger partial charge is 2.00 e. The van der Waals surface area contributed by atoms with Gasteiger partial charge in [-0.05, 0) is 47.8 Å². The molecule has 24 heavy (non-hydrogen) atoms. The Balaban J connectivity index is 0.000000412. The maximum Gasteiger partial charge on any atom is 2.00 e. The van der Waals surface area contributed by atoms with Crippen LogP contribution in [0.15, 0.2) is 72.3 Å². The van der Waals surface area contributed by atoms with Crippen molar-refractivity contribution in [2.45, 2.75) is 0 Å². The zero-order chi connectivity index (χ0) is 16.7. The van der Waals surface area contributed by atoms with E-state index in [1.807, 2.05) is 62.7 Å². The van der Waals surface area contributed by atoms with E-state index in [0.29, 0.717) is 6.26 Å². The minimum atomic E-state index is -0.474. The van der Waals surface area contributed by atoms with Crippen LogP contribution in [0.1, 0.15) is 0 Å². The molecule has 0 bridgehead atoms. The Kier molecular flexibility index (Phi) is 8.34. The third kappa shape index (κ3) is 5.89. The summed E-state index contributed by atoms with van der Waals surface area (Å²) in [7, 11) is 4.01. The van der Waals surface area contributed by atoms with Crippen LogP contribution in [0.3, 0.4) is 0 Å². The molecule has 0 atom stereocenters. The molecule has 1 aliphatic rings. The molecule has 0 fully saturated rings. The predicted molar refractivity (Wildman–Crippen MR) is 91.3 cm³/mol. The Bertz CT molecular complexity index is 787. The first-order valence-electron chi connectivity index (χ1n) is 7.42. The Labute approximate surface area is 152 Å². The number of halogens is 1. The van der Waals surface area contributed by atoms with Gasteiger partial charge in [0.2, 0.25) is 0 Å². The summed E-state index contributed by atoms with van der Waals surface area (Å²) >= 11 is 0. The van der Waals surface area contributed by atoms with Crippen molar-refractivity contribution in [3.05, 3.63) is 88.6 Å². The zero-order valence-electron chi connectivity index (χ0n) is 13.7. The Hall–Kier alpha value is -2.00. The van der Waals surface area contributed by atoms with Crippen molar-refractivity contribution in [2.75, 3.05) is 20.6 Å². The number of likely N-dealkylation sites (N-methyl/N-ethyl adjacent to an activating group) is 1. The Morgan fingerprint density at radius 2 is 1.88 bits per heavy atom. The molecular formula is C20H20FFeNO. The second-order valence-corrected chi connectivity index (χ2v) is 5.56. The predicted octanol–water partition coefficient (Wildman–Crippen LogP) is 1.54. The van der Waals surface area contributed by atoms with Crippen molar-refractivity contribution in [3.63, 3.8) is 0 Å². The van der Waals surface area contributed by atoms with Crippen LogP contribution in [0.25, 0.3) is 11.8 Å². The van der Waals surface area contributed by atoms with Crippen LogP contribution in [-0.4, -0.2) is 25.5 Å². The van der Waals surface area contributed by atoms with E-state index in [2.05, 4.69) is 4.90 Å². The van der Waals surface area contributed by atoms with Crippen LogP contribution in [0, 0.1) is 5.82 Å². The minimum Gasteiger partial charge on any atom is -0.877 e. The SMILES string of the molecule is CN(C)CC1=C/C(=c2/cc/c(=C\[O-])c(F)c2)C=C1.[Fe+2].c1cc[cH-]c1. The average Bonchev–Trinajstić information content (AvgIpc) is 3.21. The molecule has 0 spiro atoms. The average molecular weight is 365 g/mol. The molecule has 0 radical (unpaired) electrons. The molecule has 1 aliphatic carbocycles. The summed E-state index contributed by atoms with van der Waals surface area (Å²) in [6, 6.07) is 14.7. The van der Waals surface area contributed by atoms with E-state index in [1.165, 1.54) is 17.7 Å². The fraction of sp³-hybridized carbons (Fsp3) is 0.150. The Morgan fingerprint density at radius 1 is 1.17 bits per heavy atom. The van der Waals surface area contributed by atoms with Gasteiger partial charge in [-0.2, -0.15) is 18.2 Å². The van der Waals surface area contributed by atoms with E-state index in [0.717, 1.165) is 17.3 Å². The first-order valence-corrected chi connectivity index (χ1v) is 7.42. The monoisotopic (exact) mass is 365 g/mol. The first kappa shape index (κ1) is 20.0. The maximum atomic E-state index is 13.5. The van der Waals surface area contributed by atoms with Crippen molar-refractivity contribution in [3.8, 4) is 0 Å². The van der Waals surface area contributed by atoms with Crippen LogP contribution >= 0.6 is 0 Å². The van der Waals surface area contributed by atoms with Gasteiger partial charge in [-0.25, -0.2) is 16.5 Å². The first-order chi connectivity index (χ1) is 11.1. The summed E-state index contributed by atoms with van der Waals surface area (Å²) in [5, 5.41) is 11.4. The standard InChI is InChI=1S/C15H16FNO.C5H5.Fe/c1-17(2)9-11-3-4-12(7-11)13-5-6-14(10-18)15(16)8-13;1-2-4-5-3-1;/h3-8,10,18H,9H2,1-2H3;1-5H;/q;-1;+2/p-1/b13-12-,14-10+;;. The van der Waals surface area contributed by atoms with Gasteiger partial charge in [-0.1, -0.05) is 24.3 Å². The molecule has 0 heterocycles. The zero-order valence-corrected chi connectivity index (χ0v) is 14.8. The quantitative estimate of drug-likeness (QED) is 0.596. The summed E-state index contributed by atoms with van der Waals surface area (Å²) in [4.78, 5) is 2.08. The van der Waals surface area contributed by atoms with Gasteiger partial charge in [0, 0.05) is 6.54 Å². The maximum absolute atomic E-state index is 13.5. The van der Waals surface area contributed by atoms with Gasteiger partial charge in [-0.3, -0.25) is 0 Å². The fourth-order valence-electron chi connectivity index (χ4n) is 2.26. The number of hydrogen-bond acceptors (Lipinski definition) is 2. The van der Waals surface area contributed by atoms with Crippen molar-refractivity contribution >= 4 is 11.8 Å².